The number of carbonyl (C=O) groups excluding carboxylic acids is 1. The quantitative estimate of drug-likeness (QED) is 0.798. The number of esters is 1. The number of hydrogen-bond donors (Lipinski definition) is 1. The molecule has 0 atom stereocenters. The van der Waals surface area contributed by atoms with Gasteiger partial charge in [-0.1, -0.05) is 12.1 Å². The van der Waals surface area contributed by atoms with Gasteiger partial charge in [-0.05, 0) is 65.2 Å². The summed E-state index contributed by atoms with van der Waals surface area (Å²) in [6.07, 6.45) is 0. The molecule has 2 aromatic carbocycles. The molecule has 0 aromatic heterocycles. The number of methoxy groups -OCH3 is 1. The molecule has 1 N–H and O–H groups in total. The minimum absolute atomic E-state index is 0.0351. The van der Waals surface area contributed by atoms with E-state index in [9.17, 15) is 13.2 Å². The van der Waals surface area contributed by atoms with Crippen molar-refractivity contribution < 1.29 is 17.9 Å². The smallest absolute Gasteiger partial charge is 0.337 e. The van der Waals surface area contributed by atoms with Crippen LogP contribution in [0, 0.1) is 13.8 Å². The molecule has 0 aliphatic rings. The number of nitrogens with one attached hydrogen (secondary N) is 1. The van der Waals surface area contributed by atoms with E-state index in [4.69, 9.17) is 0 Å². The van der Waals surface area contributed by atoms with Crippen molar-refractivity contribution >= 4 is 37.6 Å². The minimum atomic E-state index is -3.83. The van der Waals surface area contributed by atoms with Gasteiger partial charge in [0.05, 0.1) is 23.3 Å². The zero-order valence-corrected chi connectivity index (χ0v) is 15.3. The molecular formula is C16H16BrNO4S. The first-order valence-corrected chi connectivity index (χ1v) is 9.00. The number of sulfonamides is 1. The van der Waals surface area contributed by atoms with Crippen LogP contribution < -0.4 is 4.72 Å². The van der Waals surface area contributed by atoms with Gasteiger partial charge >= 0.3 is 5.97 Å². The van der Waals surface area contributed by atoms with Gasteiger partial charge in [-0.15, -0.1) is 0 Å². The van der Waals surface area contributed by atoms with Crippen molar-refractivity contribution in [3.8, 4) is 0 Å². The third-order valence-electron chi connectivity index (χ3n) is 3.27. The molecule has 7 heteroatoms. The summed E-state index contributed by atoms with van der Waals surface area (Å²) in [6, 6.07) is 9.71. The Labute approximate surface area is 143 Å². The molecule has 0 aliphatic carbocycles. The van der Waals surface area contributed by atoms with Crippen LogP contribution in [0.25, 0.3) is 0 Å². The van der Waals surface area contributed by atoms with Crippen LogP contribution in [0.4, 0.5) is 5.69 Å². The number of carbonyl (C=O) groups is 1. The first-order valence-electron chi connectivity index (χ1n) is 6.72. The van der Waals surface area contributed by atoms with Crippen LogP contribution >= 0.6 is 15.9 Å². The molecule has 0 heterocycles. The van der Waals surface area contributed by atoms with E-state index in [-0.39, 0.29) is 10.5 Å². The fourth-order valence-electron chi connectivity index (χ4n) is 2.04. The average molecular weight is 398 g/mol. The van der Waals surface area contributed by atoms with Crippen LogP contribution in [0.3, 0.4) is 0 Å². The molecule has 0 radical (unpaired) electrons. The highest BCUT2D eigenvalue weighted by molar-refractivity contribution is 9.10. The predicted molar refractivity (Wildman–Crippen MR) is 92.2 cm³/mol. The summed E-state index contributed by atoms with van der Waals surface area (Å²) in [5, 5.41) is 0. The van der Waals surface area contributed by atoms with E-state index in [0.29, 0.717) is 15.7 Å². The maximum Gasteiger partial charge on any atom is 0.337 e. The van der Waals surface area contributed by atoms with E-state index in [1.165, 1.54) is 19.2 Å². The second kappa shape index (κ2) is 6.72. The molecule has 0 saturated carbocycles. The summed E-state index contributed by atoms with van der Waals surface area (Å²) in [5.41, 5.74) is 2.15. The summed E-state index contributed by atoms with van der Waals surface area (Å²) < 4.78 is 33.1. The van der Waals surface area contributed by atoms with Crippen molar-refractivity contribution in [2.75, 3.05) is 11.8 Å². The fourth-order valence-corrected chi connectivity index (χ4v) is 4.11. The van der Waals surface area contributed by atoms with Crippen molar-refractivity contribution in [2.45, 2.75) is 18.7 Å². The lowest BCUT2D eigenvalue weighted by Crippen LogP contribution is -2.16. The number of ether oxygens (including phenoxy) is 1. The van der Waals surface area contributed by atoms with Gasteiger partial charge in [-0.3, -0.25) is 4.72 Å². The number of rotatable bonds is 4. The molecule has 2 aromatic rings. The van der Waals surface area contributed by atoms with E-state index in [0.717, 1.165) is 5.56 Å². The monoisotopic (exact) mass is 397 g/mol. The summed E-state index contributed by atoms with van der Waals surface area (Å²) >= 11 is 3.34. The first kappa shape index (κ1) is 17.5. The largest absolute Gasteiger partial charge is 0.465 e. The van der Waals surface area contributed by atoms with Gasteiger partial charge in [-0.25, -0.2) is 13.2 Å². The Balaban J connectivity index is 2.45. The number of aryl methyl sites for hydroxylation is 2. The van der Waals surface area contributed by atoms with Crippen LogP contribution in [0.2, 0.25) is 0 Å². The SMILES string of the molecule is COC(=O)c1ccc(C)c(S(=O)(=O)Nc2ccc(C)cc2Br)c1. The van der Waals surface area contributed by atoms with E-state index in [1.807, 2.05) is 13.0 Å². The zero-order valence-electron chi connectivity index (χ0n) is 12.9. The van der Waals surface area contributed by atoms with Gasteiger partial charge in [0.15, 0.2) is 0 Å². The summed E-state index contributed by atoms with van der Waals surface area (Å²) in [5.74, 6) is -0.585. The molecule has 0 unspecified atom stereocenters. The molecule has 0 spiro atoms. The molecule has 122 valence electrons. The molecule has 0 amide bonds. The molecular weight excluding hydrogens is 382 g/mol. The molecule has 5 nitrogen and oxygen atoms in total. The van der Waals surface area contributed by atoms with Crippen molar-refractivity contribution in [3.05, 3.63) is 57.6 Å². The van der Waals surface area contributed by atoms with Crippen molar-refractivity contribution in [3.63, 3.8) is 0 Å². The molecule has 0 bridgehead atoms. The highest BCUT2D eigenvalue weighted by Crippen LogP contribution is 2.27. The lowest BCUT2D eigenvalue weighted by Gasteiger charge is -2.13. The van der Waals surface area contributed by atoms with Crippen LogP contribution in [-0.2, 0) is 14.8 Å². The normalized spacial score (nSPS) is 11.1. The van der Waals surface area contributed by atoms with Gasteiger partial charge in [-0.2, -0.15) is 0 Å². The Bertz CT molecular complexity index is 862. The van der Waals surface area contributed by atoms with Crippen LogP contribution in [0.5, 0.6) is 0 Å². The van der Waals surface area contributed by atoms with Crippen LogP contribution in [0.15, 0.2) is 45.8 Å². The molecule has 0 saturated heterocycles. The lowest BCUT2D eigenvalue weighted by atomic mass is 10.1. The number of hydrogen-bond acceptors (Lipinski definition) is 4. The second-order valence-corrected chi connectivity index (χ2v) is 7.57. The highest BCUT2D eigenvalue weighted by atomic mass is 79.9. The maximum absolute atomic E-state index is 12.6. The van der Waals surface area contributed by atoms with Gasteiger partial charge in [0.1, 0.15) is 0 Å². The predicted octanol–water partition coefficient (Wildman–Crippen LogP) is 3.65. The third-order valence-corrected chi connectivity index (χ3v) is 5.43. The summed E-state index contributed by atoms with van der Waals surface area (Å²) in [6.45, 7) is 3.58. The van der Waals surface area contributed by atoms with Crippen LogP contribution in [-0.4, -0.2) is 21.5 Å². The first-order chi connectivity index (χ1) is 10.7. The van der Waals surface area contributed by atoms with Crippen molar-refractivity contribution in [1.82, 2.24) is 0 Å². The van der Waals surface area contributed by atoms with Gasteiger partial charge in [0.2, 0.25) is 0 Å². The van der Waals surface area contributed by atoms with Gasteiger partial charge < -0.3 is 4.74 Å². The van der Waals surface area contributed by atoms with E-state index in [2.05, 4.69) is 25.4 Å². The van der Waals surface area contributed by atoms with Crippen LogP contribution in [0.1, 0.15) is 21.5 Å². The molecule has 23 heavy (non-hydrogen) atoms. The summed E-state index contributed by atoms with van der Waals surface area (Å²) in [4.78, 5) is 11.6. The standard InChI is InChI=1S/C16H16BrNO4S/c1-10-4-7-14(13(17)8-10)18-23(20,21)15-9-12(16(19)22-3)6-5-11(15)2/h4-9,18H,1-3H3. The Kier molecular flexibility index (Phi) is 5.11. The van der Waals surface area contributed by atoms with Gasteiger partial charge in [0, 0.05) is 4.47 Å². The highest BCUT2D eigenvalue weighted by Gasteiger charge is 2.20. The fraction of sp³-hybridized carbons (Fsp3) is 0.188. The van der Waals surface area contributed by atoms with Crippen molar-refractivity contribution in [2.24, 2.45) is 0 Å². The number of halogens is 1. The molecule has 0 fully saturated rings. The minimum Gasteiger partial charge on any atom is -0.465 e. The Morgan fingerprint density at radius 2 is 1.83 bits per heavy atom. The van der Waals surface area contributed by atoms with E-state index < -0.39 is 16.0 Å². The van der Waals surface area contributed by atoms with E-state index in [1.54, 1.807) is 25.1 Å². The molecule has 0 aliphatic heterocycles. The Hall–Kier alpha value is -1.86. The topological polar surface area (TPSA) is 72.5 Å². The summed E-state index contributed by atoms with van der Waals surface area (Å²) in [7, 11) is -2.58. The Morgan fingerprint density at radius 1 is 1.13 bits per heavy atom. The average Bonchev–Trinajstić information content (AvgIpc) is 2.49. The Morgan fingerprint density at radius 3 is 2.43 bits per heavy atom. The van der Waals surface area contributed by atoms with Crippen molar-refractivity contribution in [1.29, 1.82) is 0 Å². The lowest BCUT2D eigenvalue weighted by molar-refractivity contribution is 0.0600. The number of benzene rings is 2. The second-order valence-electron chi connectivity index (χ2n) is 5.06. The van der Waals surface area contributed by atoms with E-state index >= 15 is 0 Å². The zero-order chi connectivity index (χ0) is 17.2. The third kappa shape index (κ3) is 3.92. The molecule has 2 rings (SSSR count). The van der Waals surface area contributed by atoms with Gasteiger partial charge in [0.25, 0.3) is 10.0 Å². The number of anilines is 1. The maximum atomic E-state index is 12.6.